The Morgan fingerprint density at radius 2 is 1.14 bits per heavy atom. The Bertz CT molecular complexity index is 1940. The second-order valence-electron chi connectivity index (χ2n) is 18.1. The van der Waals surface area contributed by atoms with Crippen LogP contribution in [0.25, 0.3) is 0 Å². The standard InChI is InChI=1S/C47H69N7O12/c1-30(45(61)63-6)49-41(57)35(22-24-39(55)64-33-18-12-8-13-19-33)50-42(58)36(23-25-40(56)65-34-20-14-9-15-21-34)51-43(59)37(26-31-16-10-7-11-17-31)52-44(60)38(27-32-28-48-29-54(32)5)53-46(62)66-47(2,3)4/h7,10-11,16-17,28-30,33-38H,8-9,12-15,18-27H2,1-6H3,(H,49,57)(H,50,58)(H,51,59)(H,52,60)(H,53,62)/t30-,35-,36-,37-,38-/m0/s1. The van der Waals surface area contributed by atoms with E-state index in [4.69, 9.17) is 18.9 Å². The molecule has 4 rings (SSSR count). The van der Waals surface area contributed by atoms with Crippen molar-refractivity contribution >= 4 is 47.6 Å². The van der Waals surface area contributed by atoms with Gasteiger partial charge in [0.25, 0.3) is 0 Å². The summed E-state index contributed by atoms with van der Waals surface area (Å²) < 4.78 is 23.3. The van der Waals surface area contributed by atoms with Crippen LogP contribution < -0.4 is 26.6 Å². The van der Waals surface area contributed by atoms with Crippen molar-refractivity contribution in [1.82, 2.24) is 36.1 Å². The molecule has 19 heteroatoms. The molecule has 1 aromatic carbocycles. The summed E-state index contributed by atoms with van der Waals surface area (Å²) in [5.41, 5.74) is 0.354. The maximum Gasteiger partial charge on any atom is 0.408 e. The van der Waals surface area contributed by atoms with Gasteiger partial charge in [0.05, 0.1) is 13.4 Å². The zero-order valence-corrected chi connectivity index (χ0v) is 39.2. The molecule has 2 aliphatic carbocycles. The smallest absolute Gasteiger partial charge is 0.408 e. The topological polar surface area (TPSA) is 251 Å². The van der Waals surface area contributed by atoms with Crippen molar-refractivity contribution in [3.63, 3.8) is 0 Å². The number of nitrogens with one attached hydrogen (secondary N) is 5. The molecule has 364 valence electrons. The maximum atomic E-state index is 14.5. The van der Waals surface area contributed by atoms with Crippen molar-refractivity contribution in [3.05, 3.63) is 54.1 Å². The summed E-state index contributed by atoms with van der Waals surface area (Å²) in [6, 6.07) is 2.23. The largest absolute Gasteiger partial charge is 0.467 e. The summed E-state index contributed by atoms with van der Waals surface area (Å²) in [6.45, 7) is 6.42. The molecule has 5 atom stereocenters. The van der Waals surface area contributed by atoms with Gasteiger partial charge in [-0.2, -0.15) is 0 Å². The molecular formula is C47H69N7O12. The second kappa shape index (κ2) is 26.2. The molecule has 19 nitrogen and oxygen atoms in total. The Morgan fingerprint density at radius 1 is 0.667 bits per heavy atom. The monoisotopic (exact) mass is 924 g/mol. The van der Waals surface area contributed by atoms with Crippen molar-refractivity contribution in [2.45, 2.75) is 178 Å². The number of benzene rings is 1. The molecular weight excluding hydrogens is 855 g/mol. The van der Waals surface area contributed by atoms with Crippen LogP contribution in [0.4, 0.5) is 4.79 Å². The highest BCUT2D eigenvalue weighted by atomic mass is 16.6. The van der Waals surface area contributed by atoms with E-state index < -0.39 is 83.4 Å². The van der Waals surface area contributed by atoms with E-state index in [9.17, 15) is 38.4 Å². The number of imidazole rings is 1. The van der Waals surface area contributed by atoms with Gasteiger partial charge in [-0.1, -0.05) is 43.2 Å². The Balaban J connectivity index is 1.61. The summed E-state index contributed by atoms with van der Waals surface area (Å²) in [6.07, 6.45) is 9.21. The lowest BCUT2D eigenvalue weighted by Crippen LogP contribution is -2.59. The highest BCUT2D eigenvalue weighted by Crippen LogP contribution is 2.22. The minimum atomic E-state index is -1.47. The SMILES string of the molecule is COC(=O)[C@H](C)NC(=O)[C@H](CCC(=O)OC1CCCCC1)NC(=O)[C@H](CCC(=O)OC1CCCCC1)NC(=O)[C@H](Cc1ccccc1)NC(=O)[C@H](Cc1cncn1C)NC(=O)OC(C)(C)C. The summed E-state index contributed by atoms with van der Waals surface area (Å²) in [5, 5.41) is 13.2. The highest BCUT2D eigenvalue weighted by molar-refractivity contribution is 5.96. The van der Waals surface area contributed by atoms with Crippen molar-refractivity contribution in [2.24, 2.45) is 7.05 Å². The van der Waals surface area contributed by atoms with Crippen LogP contribution in [0.15, 0.2) is 42.9 Å². The summed E-state index contributed by atoms with van der Waals surface area (Å²) >= 11 is 0. The number of alkyl carbamates (subject to hydrolysis) is 1. The minimum absolute atomic E-state index is 0.0262. The number of aromatic nitrogens is 2. The Kier molecular flexibility index (Phi) is 20.9. The summed E-state index contributed by atoms with van der Waals surface area (Å²) in [4.78, 5) is 112. The van der Waals surface area contributed by atoms with E-state index in [1.54, 1.807) is 62.7 Å². The predicted molar refractivity (Wildman–Crippen MR) is 240 cm³/mol. The zero-order chi connectivity index (χ0) is 48.2. The molecule has 5 N–H and O–H groups in total. The van der Waals surface area contributed by atoms with Crippen LogP contribution in [0.2, 0.25) is 0 Å². The number of hydrogen-bond donors (Lipinski definition) is 5. The molecule has 66 heavy (non-hydrogen) atoms. The normalized spacial score (nSPS) is 16.8. The fourth-order valence-corrected chi connectivity index (χ4v) is 7.79. The van der Waals surface area contributed by atoms with Gasteiger partial charge in [0.1, 0.15) is 48.0 Å². The molecule has 0 spiro atoms. The van der Waals surface area contributed by atoms with Crippen molar-refractivity contribution in [1.29, 1.82) is 0 Å². The van der Waals surface area contributed by atoms with Crippen LogP contribution in [0.3, 0.4) is 0 Å². The Hall–Kier alpha value is -6.01. The first-order valence-electron chi connectivity index (χ1n) is 23.1. The Morgan fingerprint density at radius 3 is 1.61 bits per heavy atom. The van der Waals surface area contributed by atoms with Gasteiger partial charge < -0.3 is 50.1 Å². The number of methoxy groups -OCH3 is 1. The van der Waals surface area contributed by atoms with Crippen LogP contribution in [-0.2, 0) is 72.4 Å². The van der Waals surface area contributed by atoms with Gasteiger partial charge in [0, 0.05) is 44.6 Å². The summed E-state index contributed by atoms with van der Waals surface area (Å²) in [5.74, 6) is -5.14. The number of rotatable bonds is 22. The molecule has 5 amide bonds. The van der Waals surface area contributed by atoms with Crippen molar-refractivity contribution in [3.8, 4) is 0 Å². The van der Waals surface area contributed by atoms with Gasteiger partial charge in [-0.3, -0.25) is 28.8 Å². The molecule has 1 aromatic heterocycles. The molecule has 0 bridgehead atoms. The number of aryl methyl sites for hydroxylation is 1. The molecule has 2 fully saturated rings. The van der Waals surface area contributed by atoms with E-state index in [1.807, 2.05) is 0 Å². The summed E-state index contributed by atoms with van der Waals surface area (Å²) in [7, 11) is 2.88. The van der Waals surface area contributed by atoms with Gasteiger partial charge in [0.2, 0.25) is 23.6 Å². The average molecular weight is 924 g/mol. The van der Waals surface area contributed by atoms with Crippen molar-refractivity contribution < 1.29 is 57.3 Å². The van der Waals surface area contributed by atoms with Gasteiger partial charge in [-0.05, 0) is 97.5 Å². The van der Waals surface area contributed by atoms with E-state index >= 15 is 0 Å². The fourth-order valence-electron chi connectivity index (χ4n) is 7.79. The molecule has 0 saturated heterocycles. The molecule has 2 aliphatic rings. The van der Waals surface area contributed by atoms with E-state index in [2.05, 4.69) is 31.6 Å². The molecule has 2 saturated carbocycles. The van der Waals surface area contributed by atoms with Crippen LogP contribution in [-0.4, -0.2) is 112 Å². The first kappa shape index (κ1) is 52.6. The third-order valence-electron chi connectivity index (χ3n) is 11.4. The van der Waals surface area contributed by atoms with Gasteiger partial charge in [0.15, 0.2) is 0 Å². The van der Waals surface area contributed by atoms with Crippen LogP contribution in [0.5, 0.6) is 0 Å². The zero-order valence-electron chi connectivity index (χ0n) is 39.2. The number of nitrogens with zero attached hydrogens (tertiary/aromatic N) is 2. The molecule has 0 aliphatic heterocycles. The fraction of sp³-hybridized carbons (Fsp3) is 0.638. The van der Waals surface area contributed by atoms with Crippen molar-refractivity contribution in [2.75, 3.05) is 7.11 Å². The quantitative estimate of drug-likeness (QED) is 0.0839. The minimum Gasteiger partial charge on any atom is -0.467 e. The van der Waals surface area contributed by atoms with E-state index in [0.29, 0.717) is 24.1 Å². The van der Waals surface area contributed by atoms with Crippen LogP contribution in [0.1, 0.15) is 129 Å². The van der Waals surface area contributed by atoms with Gasteiger partial charge >= 0.3 is 24.0 Å². The van der Waals surface area contributed by atoms with E-state index in [-0.39, 0.29) is 50.7 Å². The Labute approximate surface area is 386 Å². The van der Waals surface area contributed by atoms with Gasteiger partial charge in [-0.15, -0.1) is 0 Å². The molecule has 1 heterocycles. The lowest BCUT2D eigenvalue weighted by molar-refractivity contribution is -0.152. The lowest BCUT2D eigenvalue weighted by atomic mass is 9.98. The highest BCUT2D eigenvalue weighted by Gasteiger charge is 2.34. The number of carbonyl (C=O) groups excluding carboxylic acids is 8. The number of hydrogen-bond acceptors (Lipinski definition) is 13. The first-order valence-corrected chi connectivity index (χ1v) is 23.1. The van der Waals surface area contributed by atoms with Gasteiger partial charge in [-0.25, -0.2) is 14.6 Å². The first-order chi connectivity index (χ1) is 31.4. The third kappa shape index (κ3) is 18.5. The van der Waals surface area contributed by atoms with Crippen LogP contribution in [0, 0.1) is 0 Å². The third-order valence-corrected chi connectivity index (χ3v) is 11.4. The molecule has 0 unspecified atom stereocenters. The molecule has 2 aromatic rings. The predicted octanol–water partition coefficient (Wildman–Crippen LogP) is 3.54. The van der Waals surface area contributed by atoms with E-state index in [1.165, 1.54) is 19.4 Å². The number of carbonyl (C=O) groups is 8. The number of esters is 3. The molecule has 0 radical (unpaired) electrons. The number of amides is 5. The number of ether oxygens (including phenoxy) is 4. The van der Waals surface area contributed by atoms with E-state index in [0.717, 1.165) is 58.5 Å². The average Bonchev–Trinajstić information content (AvgIpc) is 3.69. The lowest BCUT2D eigenvalue weighted by Gasteiger charge is -2.28. The second-order valence-corrected chi connectivity index (χ2v) is 18.1. The van der Waals surface area contributed by atoms with Crippen LogP contribution >= 0.6 is 0 Å². The maximum absolute atomic E-state index is 14.5.